The Bertz CT molecular complexity index is 1290. The summed E-state index contributed by atoms with van der Waals surface area (Å²) in [5.74, 6) is -2.18. The Labute approximate surface area is 234 Å². The van der Waals surface area contributed by atoms with E-state index in [-0.39, 0.29) is 23.6 Å². The van der Waals surface area contributed by atoms with Gasteiger partial charge in [0.25, 0.3) is 5.91 Å². The van der Waals surface area contributed by atoms with Crippen LogP contribution in [0.15, 0.2) is 30.5 Å². The van der Waals surface area contributed by atoms with E-state index < -0.39 is 12.1 Å². The minimum absolute atomic E-state index is 0.174. The molecule has 0 spiro atoms. The lowest BCUT2D eigenvalue weighted by Gasteiger charge is -2.40. The second kappa shape index (κ2) is 13.1. The number of halogens is 4. The molecule has 0 bridgehead atoms. The number of nitrogens with one attached hydrogen (secondary N) is 1. The van der Waals surface area contributed by atoms with E-state index in [4.69, 9.17) is 26.8 Å². The number of nitriles is 1. The molecule has 0 unspecified atom stereocenters. The lowest BCUT2D eigenvalue weighted by molar-refractivity contribution is -0.192. The predicted octanol–water partition coefficient (Wildman–Crippen LogP) is 4.63. The number of alkyl halides is 3. The summed E-state index contributed by atoms with van der Waals surface area (Å²) in [6.45, 7) is 7.13. The fraction of sp³-hybridized carbons (Fsp3) is 0.444. The van der Waals surface area contributed by atoms with E-state index in [1.54, 1.807) is 12.1 Å². The number of aliphatic carboxylic acids is 1. The van der Waals surface area contributed by atoms with E-state index in [0.717, 1.165) is 30.8 Å². The SMILES string of the molecule is Cc1c(CN2CCN(C(=O)CC3CC3)[C@@H](C)C2)cc(Cl)cc1NC(=O)c1ccc(C#N)nc1.O=C(O)C(F)(F)F. The Morgan fingerprint density at radius 1 is 1.23 bits per heavy atom. The first-order valence-corrected chi connectivity index (χ1v) is 12.9. The molecule has 1 aromatic heterocycles. The van der Waals surface area contributed by atoms with Gasteiger partial charge in [0.15, 0.2) is 0 Å². The highest BCUT2D eigenvalue weighted by Gasteiger charge is 2.38. The lowest BCUT2D eigenvalue weighted by Crippen LogP contribution is -2.53. The van der Waals surface area contributed by atoms with Crippen molar-refractivity contribution >= 4 is 35.1 Å². The van der Waals surface area contributed by atoms with Crippen LogP contribution in [0.25, 0.3) is 0 Å². The Morgan fingerprint density at radius 2 is 1.90 bits per heavy atom. The summed E-state index contributed by atoms with van der Waals surface area (Å²) in [4.78, 5) is 42.4. The molecule has 13 heteroatoms. The molecule has 2 amide bonds. The molecule has 2 heterocycles. The van der Waals surface area contributed by atoms with Crippen LogP contribution in [0.1, 0.15) is 53.4 Å². The molecule has 1 atom stereocenters. The number of benzene rings is 1. The van der Waals surface area contributed by atoms with Crippen molar-refractivity contribution in [3.8, 4) is 6.07 Å². The molecule has 1 aliphatic heterocycles. The number of piperazine rings is 1. The molecule has 2 aromatic rings. The van der Waals surface area contributed by atoms with Gasteiger partial charge in [-0.25, -0.2) is 9.78 Å². The minimum Gasteiger partial charge on any atom is -0.475 e. The maximum absolute atomic E-state index is 12.7. The number of carbonyl (C=O) groups is 3. The molecule has 2 aliphatic rings. The first-order valence-electron chi connectivity index (χ1n) is 12.6. The van der Waals surface area contributed by atoms with Gasteiger partial charge in [0.05, 0.1) is 5.56 Å². The van der Waals surface area contributed by atoms with Gasteiger partial charge in [0.2, 0.25) is 5.91 Å². The molecule has 2 N–H and O–H groups in total. The van der Waals surface area contributed by atoms with Crippen molar-refractivity contribution in [2.45, 2.75) is 51.9 Å². The average molecular weight is 580 g/mol. The van der Waals surface area contributed by atoms with Crippen LogP contribution >= 0.6 is 11.6 Å². The predicted molar refractivity (Wildman–Crippen MR) is 141 cm³/mol. The largest absolute Gasteiger partial charge is 0.490 e. The van der Waals surface area contributed by atoms with Crippen LogP contribution in [0.2, 0.25) is 5.02 Å². The van der Waals surface area contributed by atoms with Crippen molar-refractivity contribution in [1.29, 1.82) is 5.26 Å². The van der Waals surface area contributed by atoms with Crippen LogP contribution < -0.4 is 5.32 Å². The van der Waals surface area contributed by atoms with E-state index in [1.807, 2.05) is 24.0 Å². The number of hydrogen-bond acceptors (Lipinski definition) is 6. The van der Waals surface area contributed by atoms with Gasteiger partial charge in [-0.05, 0) is 68.0 Å². The number of anilines is 1. The van der Waals surface area contributed by atoms with Crippen LogP contribution in [0.3, 0.4) is 0 Å². The van der Waals surface area contributed by atoms with Gasteiger partial charge in [0, 0.05) is 55.5 Å². The van der Waals surface area contributed by atoms with Gasteiger partial charge < -0.3 is 15.3 Å². The molecule has 1 saturated heterocycles. The van der Waals surface area contributed by atoms with E-state index in [2.05, 4.69) is 22.1 Å². The third kappa shape index (κ3) is 8.66. The number of rotatable bonds is 6. The summed E-state index contributed by atoms with van der Waals surface area (Å²) in [7, 11) is 0. The Morgan fingerprint density at radius 3 is 2.42 bits per heavy atom. The maximum atomic E-state index is 12.7. The number of nitrogens with zero attached hydrogens (tertiary/aromatic N) is 4. The van der Waals surface area contributed by atoms with Crippen molar-refractivity contribution in [3.05, 3.63) is 57.9 Å². The van der Waals surface area contributed by atoms with Crippen molar-refractivity contribution in [3.63, 3.8) is 0 Å². The first kappa shape index (κ1) is 30.8. The Hall–Kier alpha value is -3.69. The quantitative estimate of drug-likeness (QED) is 0.511. The monoisotopic (exact) mass is 579 g/mol. The molecular weight excluding hydrogens is 551 g/mol. The third-order valence-corrected chi connectivity index (χ3v) is 6.92. The van der Waals surface area contributed by atoms with E-state index in [9.17, 15) is 22.8 Å². The molecule has 4 rings (SSSR count). The number of carbonyl (C=O) groups excluding carboxylic acids is 2. The Kier molecular flexibility index (Phi) is 10.1. The lowest BCUT2D eigenvalue weighted by atomic mass is 10.0. The maximum Gasteiger partial charge on any atom is 0.490 e. The van der Waals surface area contributed by atoms with Gasteiger partial charge in [-0.1, -0.05) is 11.6 Å². The van der Waals surface area contributed by atoms with Crippen LogP contribution in [-0.4, -0.2) is 69.5 Å². The normalized spacial score (nSPS) is 17.3. The highest BCUT2D eigenvalue weighted by molar-refractivity contribution is 6.31. The van der Waals surface area contributed by atoms with Gasteiger partial charge >= 0.3 is 12.1 Å². The third-order valence-electron chi connectivity index (χ3n) is 6.70. The summed E-state index contributed by atoms with van der Waals surface area (Å²) < 4.78 is 31.7. The Balaban J connectivity index is 0.000000559. The number of amides is 2. The molecule has 2 fully saturated rings. The number of carboxylic acids is 1. The van der Waals surface area contributed by atoms with Gasteiger partial charge in [-0.3, -0.25) is 14.5 Å². The molecule has 214 valence electrons. The van der Waals surface area contributed by atoms with Crippen LogP contribution in [0.4, 0.5) is 18.9 Å². The van der Waals surface area contributed by atoms with E-state index in [0.29, 0.717) is 35.2 Å². The van der Waals surface area contributed by atoms with Gasteiger partial charge in [-0.2, -0.15) is 18.4 Å². The zero-order valence-electron chi connectivity index (χ0n) is 22.0. The smallest absolute Gasteiger partial charge is 0.475 e. The number of pyridine rings is 1. The summed E-state index contributed by atoms with van der Waals surface area (Å²) in [6, 6.07) is 8.89. The molecule has 1 aromatic carbocycles. The van der Waals surface area contributed by atoms with Gasteiger partial charge in [0.1, 0.15) is 11.8 Å². The standard InChI is InChI=1S/C25H28ClN5O2.C2HF3O2/c1-16-14-30(7-8-31(16)24(32)9-18-3-4-18)15-20-10-21(26)11-23(17(20)2)29-25(33)19-5-6-22(12-27)28-13-19;3-2(4,5)1(6)7/h5-6,10-11,13,16,18H,3-4,7-9,14-15H2,1-2H3,(H,29,33);(H,6,7)/t16-;/m0./s1. The number of hydrogen-bond donors (Lipinski definition) is 2. The summed E-state index contributed by atoms with van der Waals surface area (Å²) in [6.07, 6.45) is -0.626. The molecule has 1 saturated carbocycles. The minimum atomic E-state index is -5.08. The van der Waals surface area contributed by atoms with Crippen molar-refractivity contribution < 1.29 is 32.7 Å². The first-order chi connectivity index (χ1) is 18.8. The molecule has 9 nitrogen and oxygen atoms in total. The summed E-state index contributed by atoms with van der Waals surface area (Å²) in [5.41, 5.74) is 3.28. The van der Waals surface area contributed by atoms with Crippen molar-refractivity contribution in [2.24, 2.45) is 5.92 Å². The van der Waals surface area contributed by atoms with Crippen LogP contribution in [-0.2, 0) is 16.1 Å². The average Bonchev–Trinajstić information content (AvgIpc) is 3.70. The zero-order valence-corrected chi connectivity index (χ0v) is 22.7. The highest BCUT2D eigenvalue weighted by atomic mass is 35.5. The summed E-state index contributed by atoms with van der Waals surface area (Å²) >= 11 is 6.39. The van der Waals surface area contributed by atoms with Crippen molar-refractivity contribution in [2.75, 3.05) is 25.0 Å². The fourth-order valence-electron chi connectivity index (χ4n) is 4.29. The molecular formula is C27H29ClF3N5O4. The zero-order chi connectivity index (χ0) is 29.6. The van der Waals surface area contributed by atoms with E-state index >= 15 is 0 Å². The number of carboxylic acid groups (broad SMARTS) is 1. The molecule has 0 radical (unpaired) electrons. The highest BCUT2D eigenvalue weighted by Crippen LogP contribution is 2.33. The van der Waals surface area contributed by atoms with E-state index in [1.165, 1.54) is 25.1 Å². The fourth-order valence-corrected chi connectivity index (χ4v) is 4.53. The molecule has 1 aliphatic carbocycles. The van der Waals surface area contributed by atoms with Crippen molar-refractivity contribution in [1.82, 2.24) is 14.8 Å². The van der Waals surface area contributed by atoms with Crippen LogP contribution in [0.5, 0.6) is 0 Å². The second-order valence-electron chi connectivity index (χ2n) is 9.86. The van der Waals surface area contributed by atoms with Crippen LogP contribution in [0, 0.1) is 24.2 Å². The topological polar surface area (TPSA) is 127 Å². The van der Waals surface area contributed by atoms with Gasteiger partial charge in [-0.15, -0.1) is 0 Å². The number of aromatic nitrogens is 1. The second-order valence-corrected chi connectivity index (χ2v) is 10.3. The summed E-state index contributed by atoms with van der Waals surface area (Å²) in [5, 5.41) is 19.5. The molecule has 40 heavy (non-hydrogen) atoms.